The first-order valence-electron chi connectivity index (χ1n) is 13.9. The van der Waals surface area contributed by atoms with Gasteiger partial charge in [-0.2, -0.15) is 0 Å². The van der Waals surface area contributed by atoms with Crippen molar-refractivity contribution in [3.63, 3.8) is 0 Å². The number of aromatic nitrogens is 2. The van der Waals surface area contributed by atoms with Crippen LogP contribution in [0.5, 0.6) is 5.75 Å². The van der Waals surface area contributed by atoms with Gasteiger partial charge in [0.1, 0.15) is 11.1 Å². The Morgan fingerprint density at radius 2 is 1.49 bits per heavy atom. The maximum Gasteiger partial charge on any atom is 0.329 e. The summed E-state index contributed by atoms with van der Waals surface area (Å²) in [5.41, 5.74) is 4.37. The van der Waals surface area contributed by atoms with Crippen LogP contribution >= 0.6 is 11.6 Å². The lowest BCUT2D eigenvalue weighted by molar-refractivity contribution is -0.134. The number of hydrogen-bond donors (Lipinski definition) is 0. The van der Waals surface area contributed by atoms with Crippen molar-refractivity contribution in [2.75, 3.05) is 0 Å². The quantitative estimate of drug-likeness (QED) is 0.104. The van der Waals surface area contributed by atoms with Crippen LogP contribution in [0.25, 0.3) is 22.5 Å². The highest BCUT2D eigenvalue weighted by Crippen LogP contribution is 2.29. The molecule has 1 aromatic heterocycles. The summed E-state index contributed by atoms with van der Waals surface area (Å²) >= 11 is 6.08. The van der Waals surface area contributed by atoms with E-state index < -0.39 is 11.3 Å². The van der Waals surface area contributed by atoms with Gasteiger partial charge < -0.3 is 4.74 Å². The van der Waals surface area contributed by atoms with E-state index in [2.05, 4.69) is 34.2 Å². The maximum absolute atomic E-state index is 12.1. The Morgan fingerprint density at radius 3 is 2.14 bits per heavy atom. The zero-order chi connectivity index (χ0) is 26.0. The summed E-state index contributed by atoms with van der Waals surface area (Å²) in [5.74, 6) is 1.68. The van der Waals surface area contributed by atoms with Crippen LogP contribution in [-0.2, 0) is 11.2 Å². The number of benzene rings is 2. The van der Waals surface area contributed by atoms with E-state index in [0.717, 1.165) is 29.0 Å². The maximum atomic E-state index is 12.1. The molecular formula is C32H39ClN2O2. The lowest BCUT2D eigenvalue weighted by Crippen LogP contribution is -2.25. The normalized spacial score (nSPS) is 14.7. The van der Waals surface area contributed by atoms with E-state index in [1.54, 1.807) is 12.1 Å². The van der Waals surface area contributed by atoms with E-state index in [0.29, 0.717) is 11.6 Å². The SMILES string of the molecule is CC(C)[C@H](Cl)C(=O)Oc1ccc(-c2ncc(-c3ccc(CCCCCCC4CCCC4)cc3)cn2)cc1. The molecule has 4 rings (SSSR count). The van der Waals surface area contributed by atoms with Crippen LogP contribution in [0.15, 0.2) is 60.9 Å². The lowest BCUT2D eigenvalue weighted by atomic mass is 9.98. The number of carbonyl (C=O) groups excluding carboxylic acids is 1. The second kappa shape index (κ2) is 13.7. The number of rotatable bonds is 12. The Hall–Kier alpha value is -2.72. The highest BCUT2D eigenvalue weighted by atomic mass is 35.5. The molecule has 196 valence electrons. The van der Waals surface area contributed by atoms with Gasteiger partial charge in [-0.3, -0.25) is 4.79 Å². The molecule has 0 unspecified atom stereocenters. The number of carbonyl (C=O) groups is 1. The minimum atomic E-state index is -0.666. The minimum absolute atomic E-state index is 0.0114. The Bertz CT molecular complexity index is 1110. The molecular weight excluding hydrogens is 480 g/mol. The van der Waals surface area contributed by atoms with Gasteiger partial charge in [-0.25, -0.2) is 9.97 Å². The first-order chi connectivity index (χ1) is 18.0. The summed E-state index contributed by atoms with van der Waals surface area (Å²) in [6.07, 6.45) is 17.5. The molecule has 0 aliphatic heterocycles. The number of esters is 1. The van der Waals surface area contributed by atoms with E-state index in [1.807, 2.05) is 38.4 Å². The van der Waals surface area contributed by atoms with Crippen LogP contribution in [-0.4, -0.2) is 21.3 Å². The largest absolute Gasteiger partial charge is 0.425 e. The van der Waals surface area contributed by atoms with Gasteiger partial charge in [-0.1, -0.05) is 89.5 Å². The van der Waals surface area contributed by atoms with Crippen LogP contribution < -0.4 is 4.74 Å². The molecule has 2 aromatic carbocycles. The molecule has 0 N–H and O–H groups in total. The fraction of sp³-hybridized carbons (Fsp3) is 0.469. The summed E-state index contributed by atoms with van der Waals surface area (Å²) in [5, 5.41) is -0.666. The van der Waals surface area contributed by atoms with E-state index in [9.17, 15) is 4.79 Å². The van der Waals surface area contributed by atoms with Crippen molar-refractivity contribution in [3.05, 3.63) is 66.5 Å². The van der Waals surface area contributed by atoms with Crippen molar-refractivity contribution in [1.29, 1.82) is 0 Å². The number of halogens is 1. The molecule has 4 nitrogen and oxygen atoms in total. The third-order valence-electron chi connectivity index (χ3n) is 7.38. The van der Waals surface area contributed by atoms with Gasteiger partial charge in [0.25, 0.3) is 0 Å². The van der Waals surface area contributed by atoms with Gasteiger partial charge in [-0.15, -0.1) is 11.6 Å². The topological polar surface area (TPSA) is 52.1 Å². The van der Waals surface area contributed by atoms with Gasteiger partial charge >= 0.3 is 5.97 Å². The predicted octanol–water partition coefficient (Wildman–Crippen LogP) is 8.66. The molecule has 3 aromatic rings. The zero-order valence-corrected chi connectivity index (χ0v) is 22.9. The smallest absolute Gasteiger partial charge is 0.329 e. The second-order valence-electron chi connectivity index (χ2n) is 10.7. The van der Waals surface area contributed by atoms with Crippen molar-refractivity contribution in [2.24, 2.45) is 11.8 Å². The third kappa shape index (κ3) is 8.13. The second-order valence-corrected chi connectivity index (χ2v) is 11.2. The average molecular weight is 519 g/mol. The van der Waals surface area contributed by atoms with Crippen LogP contribution in [0.3, 0.4) is 0 Å². The molecule has 0 bridgehead atoms. The summed E-state index contributed by atoms with van der Waals surface area (Å²) in [4.78, 5) is 21.2. The van der Waals surface area contributed by atoms with Crippen LogP contribution in [0, 0.1) is 11.8 Å². The Morgan fingerprint density at radius 1 is 0.865 bits per heavy atom. The Balaban J connectivity index is 1.24. The summed E-state index contributed by atoms with van der Waals surface area (Å²) < 4.78 is 5.36. The first-order valence-corrected chi connectivity index (χ1v) is 14.3. The fourth-order valence-corrected chi connectivity index (χ4v) is 5.07. The molecule has 1 heterocycles. The molecule has 1 aliphatic carbocycles. The van der Waals surface area contributed by atoms with E-state index in [1.165, 1.54) is 63.4 Å². The predicted molar refractivity (Wildman–Crippen MR) is 152 cm³/mol. The van der Waals surface area contributed by atoms with Crippen molar-refractivity contribution in [1.82, 2.24) is 9.97 Å². The van der Waals surface area contributed by atoms with Crippen molar-refractivity contribution < 1.29 is 9.53 Å². The first kappa shape index (κ1) is 27.3. The fourth-order valence-electron chi connectivity index (χ4n) is 5.02. The van der Waals surface area contributed by atoms with Crippen LogP contribution in [0.4, 0.5) is 0 Å². The van der Waals surface area contributed by atoms with Crippen LogP contribution in [0.1, 0.15) is 77.2 Å². The van der Waals surface area contributed by atoms with Gasteiger partial charge in [-0.05, 0) is 60.1 Å². The molecule has 0 amide bonds. The molecule has 0 spiro atoms. The van der Waals surface area contributed by atoms with Crippen molar-refractivity contribution >= 4 is 17.6 Å². The van der Waals surface area contributed by atoms with E-state index in [-0.39, 0.29) is 5.92 Å². The summed E-state index contributed by atoms with van der Waals surface area (Å²) in [6.45, 7) is 3.77. The van der Waals surface area contributed by atoms with Crippen molar-refractivity contribution in [2.45, 2.75) is 83.4 Å². The summed E-state index contributed by atoms with van der Waals surface area (Å²) in [7, 11) is 0. The molecule has 0 saturated heterocycles. The van der Waals surface area contributed by atoms with Gasteiger partial charge in [0.15, 0.2) is 5.82 Å². The number of alkyl halides is 1. The molecule has 37 heavy (non-hydrogen) atoms. The minimum Gasteiger partial charge on any atom is -0.425 e. The molecule has 1 atom stereocenters. The average Bonchev–Trinajstić information content (AvgIpc) is 3.45. The monoisotopic (exact) mass is 518 g/mol. The van der Waals surface area contributed by atoms with Crippen LogP contribution in [0.2, 0.25) is 0 Å². The molecule has 1 fully saturated rings. The lowest BCUT2D eigenvalue weighted by Gasteiger charge is -2.12. The Labute approximate surface area is 226 Å². The number of unbranched alkanes of at least 4 members (excludes halogenated alkanes) is 3. The number of aryl methyl sites for hydroxylation is 1. The van der Waals surface area contributed by atoms with E-state index >= 15 is 0 Å². The number of ether oxygens (including phenoxy) is 1. The number of nitrogens with zero attached hydrogens (tertiary/aromatic N) is 2. The Kier molecular flexibility index (Phi) is 10.1. The molecule has 5 heteroatoms. The highest BCUT2D eigenvalue weighted by molar-refractivity contribution is 6.30. The standard InChI is InChI=1S/C32H39ClN2O2/c1-23(2)30(33)32(36)37-29-19-17-27(18-20-29)31-34-21-28(22-35-31)26-15-13-25(14-16-26)10-6-4-3-5-9-24-11-7-8-12-24/h13-24,30H,3-12H2,1-2H3/t30-/m0/s1. The highest BCUT2D eigenvalue weighted by Gasteiger charge is 2.21. The zero-order valence-electron chi connectivity index (χ0n) is 22.2. The third-order valence-corrected chi connectivity index (χ3v) is 8.07. The molecule has 0 radical (unpaired) electrons. The van der Waals surface area contributed by atoms with Crippen molar-refractivity contribution in [3.8, 4) is 28.3 Å². The van der Waals surface area contributed by atoms with Gasteiger partial charge in [0, 0.05) is 23.5 Å². The molecule has 1 saturated carbocycles. The van der Waals surface area contributed by atoms with E-state index in [4.69, 9.17) is 16.3 Å². The summed E-state index contributed by atoms with van der Waals surface area (Å²) in [6, 6.07) is 16.0. The van der Waals surface area contributed by atoms with Gasteiger partial charge in [0.05, 0.1) is 0 Å². The molecule has 1 aliphatic rings. The number of hydrogen-bond acceptors (Lipinski definition) is 4. The van der Waals surface area contributed by atoms with Gasteiger partial charge in [0.2, 0.25) is 0 Å².